The van der Waals surface area contributed by atoms with Crippen molar-refractivity contribution in [3.8, 4) is 5.75 Å². The maximum atomic E-state index is 14.0. The summed E-state index contributed by atoms with van der Waals surface area (Å²) >= 11 is 0. The first kappa shape index (κ1) is 30.7. The van der Waals surface area contributed by atoms with Crippen LogP contribution in [0.5, 0.6) is 5.75 Å². The molecule has 9 nitrogen and oxygen atoms in total. The minimum atomic E-state index is -3.55. The van der Waals surface area contributed by atoms with Gasteiger partial charge in [-0.3, -0.25) is 9.59 Å². The minimum Gasteiger partial charge on any atom is -0.497 e. The number of carbonyl (C=O) groups excluding carboxylic acids is 2. The zero-order valence-corrected chi connectivity index (χ0v) is 25.2. The summed E-state index contributed by atoms with van der Waals surface area (Å²) in [4.78, 5) is 29.6. The van der Waals surface area contributed by atoms with Crippen molar-refractivity contribution < 1.29 is 27.5 Å². The number of amides is 2. The first-order valence-electron chi connectivity index (χ1n) is 14.8. The lowest BCUT2D eigenvalue weighted by Gasteiger charge is -2.32. The second-order valence-electron chi connectivity index (χ2n) is 11.1. The molecule has 43 heavy (non-hydrogen) atoms. The van der Waals surface area contributed by atoms with Crippen LogP contribution in [0.1, 0.15) is 54.8 Å². The maximum Gasteiger partial charge on any atom is 0.247 e. The van der Waals surface area contributed by atoms with Crippen LogP contribution in [-0.4, -0.2) is 57.5 Å². The largest absolute Gasteiger partial charge is 0.497 e. The smallest absolute Gasteiger partial charge is 0.247 e. The number of sulfonamides is 1. The third-order valence-electron chi connectivity index (χ3n) is 7.80. The van der Waals surface area contributed by atoms with Crippen molar-refractivity contribution in [2.45, 2.75) is 68.2 Å². The van der Waals surface area contributed by atoms with Crippen molar-refractivity contribution in [1.82, 2.24) is 14.9 Å². The lowest BCUT2D eigenvalue weighted by atomic mass is 10.0. The zero-order valence-electron chi connectivity index (χ0n) is 24.4. The molecule has 2 amide bonds. The normalized spacial score (nSPS) is 17.3. The molecular weight excluding hydrogens is 566 g/mol. The topological polar surface area (TPSA) is 114 Å². The summed E-state index contributed by atoms with van der Waals surface area (Å²) < 4.78 is 38.8. The molecule has 2 atom stereocenters. The van der Waals surface area contributed by atoms with E-state index in [9.17, 15) is 18.0 Å². The molecule has 3 aromatic carbocycles. The monoisotopic (exact) mass is 605 g/mol. The van der Waals surface area contributed by atoms with E-state index in [1.165, 1.54) is 0 Å². The van der Waals surface area contributed by atoms with E-state index < -0.39 is 16.1 Å². The second-order valence-corrected chi connectivity index (χ2v) is 12.8. The Morgan fingerprint density at radius 2 is 1.65 bits per heavy atom. The second kappa shape index (κ2) is 14.2. The number of benzene rings is 3. The molecule has 0 unspecified atom stereocenters. The number of carbonyl (C=O) groups is 2. The summed E-state index contributed by atoms with van der Waals surface area (Å²) in [6.07, 6.45) is 4.09. The van der Waals surface area contributed by atoms with E-state index in [1.807, 2.05) is 54.6 Å². The molecule has 3 aromatic rings. The zero-order chi connectivity index (χ0) is 30.2. The van der Waals surface area contributed by atoms with E-state index in [0.29, 0.717) is 30.9 Å². The van der Waals surface area contributed by atoms with E-state index in [2.05, 4.69) is 10.0 Å². The van der Waals surface area contributed by atoms with Gasteiger partial charge in [0.2, 0.25) is 21.8 Å². The van der Waals surface area contributed by atoms with Crippen molar-refractivity contribution >= 4 is 21.8 Å². The number of ether oxygens (including phenoxy) is 2. The Balaban J connectivity index is 1.35. The minimum absolute atomic E-state index is 0.0273. The maximum absolute atomic E-state index is 14.0. The van der Waals surface area contributed by atoms with Gasteiger partial charge in [0.25, 0.3) is 0 Å². The molecule has 5 rings (SSSR count). The lowest BCUT2D eigenvalue weighted by Crippen LogP contribution is -2.45. The van der Waals surface area contributed by atoms with Gasteiger partial charge in [0, 0.05) is 32.2 Å². The Labute approximate surface area is 253 Å². The van der Waals surface area contributed by atoms with Gasteiger partial charge in [-0.25, -0.2) is 13.1 Å². The third-order valence-corrected chi connectivity index (χ3v) is 9.33. The SMILES string of the molecule is COc1ccc(CN(C(=O)CCc2ccc(S(=O)(=O)NC3CC3)cc2)[C@@H](C(=O)NC[C@H]2CCCO2)c2ccccc2)cc1. The van der Waals surface area contributed by atoms with E-state index in [4.69, 9.17) is 9.47 Å². The van der Waals surface area contributed by atoms with Crippen molar-refractivity contribution in [1.29, 1.82) is 0 Å². The van der Waals surface area contributed by atoms with E-state index in [0.717, 1.165) is 36.8 Å². The average Bonchev–Trinajstić information content (AvgIpc) is 3.67. The van der Waals surface area contributed by atoms with Crippen LogP contribution in [0.4, 0.5) is 0 Å². The fourth-order valence-electron chi connectivity index (χ4n) is 5.19. The van der Waals surface area contributed by atoms with E-state index >= 15 is 0 Å². The van der Waals surface area contributed by atoms with Crippen LogP contribution in [0.15, 0.2) is 83.8 Å². The van der Waals surface area contributed by atoms with Crippen LogP contribution >= 0.6 is 0 Å². The van der Waals surface area contributed by atoms with Gasteiger partial charge in [-0.05, 0) is 73.1 Å². The molecule has 1 saturated heterocycles. The van der Waals surface area contributed by atoms with Gasteiger partial charge >= 0.3 is 0 Å². The molecular formula is C33H39N3O6S. The van der Waals surface area contributed by atoms with Crippen LogP contribution < -0.4 is 14.8 Å². The highest BCUT2D eigenvalue weighted by molar-refractivity contribution is 7.89. The lowest BCUT2D eigenvalue weighted by molar-refractivity contribution is -0.141. The number of hydrogen-bond donors (Lipinski definition) is 2. The van der Waals surface area contributed by atoms with Crippen molar-refractivity contribution in [3.63, 3.8) is 0 Å². The number of nitrogens with zero attached hydrogens (tertiary/aromatic N) is 1. The molecule has 0 spiro atoms. The Morgan fingerprint density at radius 1 is 0.953 bits per heavy atom. The Kier molecular flexibility index (Phi) is 10.1. The van der Waals surface area contributed by atoms with Gasteiger partial charge < -0.3 is 19.7 Å². The molecule has 228 valence electrons. The predicted octanol–water partition coefficient (Wildman–Crippen LogP) is 4.13. The van der Waals surface area contributed by atoms with Crippen molar-refractivity contribution in [2.75, 3.05) is 20.3 Å². The Hall–Kier alpha value is -3.73. The quantitative estimate of drug-likeness (QED) is 0.286. The first-order chi connectivity index (χ1) is 20.8. The predicted molar refractivity (Wildman–Crippen MR) is 163 cm³/mol. The molecule has 0 aromatic heterocycles. The summed E-state index contributed by atoms with van der Waals surface area (Å²) in [5, 5.41) is 3.03. The molecule has 1 aliphatic carbocycles. The van der Waals surface area contributed by atoms with Gasteiger partial charge in [0.1, 0.15) is 11.8 Å². The summed E-state index contributed by atoms with van der Waals surface area (Å²) in [7, 11) is -1.95. The molecule has 2 fully saturated rings. The van der Waals surface area contributed by atoms with Crippen molar-refractivity contribution in [2.24, 2.45) is 0 Å². The first-order valence-corrected chi connectivity index (χ1v) is 16.3. The van der Waals surface area contributed by atoms with Crippen LogP contribution in [0, 0.1) is 0 Å². The third kappa shape index (κ3) is 8.43. The van der Waals surface area contributed by atoms with Crippen molar-refractivity contribution in [3.05, 3.63) is 95.6 Å². The number of rotatable bonds is 14. The highest BCUT2D eigenvalue weighted by Gasteiger charge is 2.32. The van der Waals surface area contributed by atoms with Gasteiger partial charge in [-0.1, -0.05) is 54.6 Å². The fourth-order valence-corrected chi connectivity index (χ4v) is 6.50. The number of aryl methyl sites for hydroxylation is 1. The van der Waals surface area contributed by atoms with Crippen LogP contribution in [0.25, 0.3) is 0 Å². The highest BCUT2D eigenvalue weighted by Crippen LogP contribution is 2.27. The summed E-state index contributed by atoms with van der Waals surface area (Å²) in [5.41, 5.74) is 2.41. The van der Waals surface area contributed by atoms with E-state index in [-0.39, 0.29) is 41.8 Å². The molecule has 1 aliphatic heterocycles. The van der Waals surface area contributed by atoms with Gasteiger partial charge in [-0.2, -0.15) is 0 Å². The van der Waals surface area contributed by atoms with Crippen LogP contribution in [0.3, 0.4) is 0 Å². The molecule has 2 N–H and O–H groups in total. The number of nitrogens with one attached hydrogen (secondary N) is 2. The fraction of sp³-hybridized carbons (Fsp3) is 0.394. The summed E-state index contributed by atoms with van der Waals surface area (Å²) in [5.74, 6) is 0.249. The number of methoxy groups -OCH3 is 1. The molecule has 2 aliphatic rings. The number of hydrogen-bond acceptors (Lipinski definition) is 6. The van der Waals surface area contributed by atoms with Crippen LogP contribution in [-0.2, 0) is 37.3 Å². The van der Waals surface area contributed by atoms with Crippen LogP contribution in [0.2, 0.25) is 0 Å². The summed E-state index contributed by atoms with van der Waals surface area (Å²) in [6, 6.07) is 22.6. The molecule has 1 saturated carbocycles. The standard InChI is InChI=1S/C33H39N3O6S/c1-41-28-16-9-25(10-17-28)23-36(32(26-6-3-2-4-7-26)33(38)34-22-29-8-5-21-42-29)31(37)20-13-24-11-18-30(19-12-24)43(39,40)35-27-14-15-27/h2-4,6-7,9-12,16-19,27,29,32,35H,5,8,13-15,20-23H2,1H3,(H,34,38)/t29-,32-/m1/s1. The highest BCUT2D eigenvalue weighted by atomic mass is 32.2. The van der Waals surface area contributed by atoms with E-state index in [1.54, 1.807) is 36.3 Å². The molecule has 1 heterocycles. The summed E-state index contributed by atoms with van der Waals surface area (Å²) in [6.45, 7) is 1.30. The molecule has 0 bridgehead atoms. The van der Waals surface area contributed by atoms with Gasteiger partial charge in [0.15, 0.2) is 0 Å². The van der Waals surface area contributed by atoms with Gasteiger partial charge in [0.05, 0.1) is 18.1 Å². The average molecular weight is 606 g/mol. The Morgan fingerprint density at radius 3 is 2.28 bits per heavy atom. The van der Waals surface area contributed by atoms with Gasteiger partial charge in [-0.15, -0.1) is 0 Å². The molecule has 0 radical (unpaired) electrons. The Bertz CT molecular complexity index is 1470. The molecule has 10 heteroatoms.